The zero-order chi connectivity index (χ0) is 39.3. The van der Waals surface area contributed by atoms with Crippen molar-refractivity contribution < 1.29 is 71.5 Å². The highest BCUT2D eigenvalue weighted by Gasteiger charge is 2.60. The minimum Gasteiger partial charge on any atom is -0.464 e. The second-order valence-electron chi connectivity index (χ2n) is 11.9. The van der Waals surface area contributed by atoms with Gasteiger partial charge in [-0.3, -0.25) is 33.6 Å². The van der Waals surface area contributed by atoms with Crippen molar-refractivity contribution in [3.8, 4) is 11.1 Å². The summed E-state index contributed by atoms with van der Waals surface area (Å²) in [5, 5.41) is 5.10. The van der Waals surface area contributed by atoms with Gasteiger partial charge in [0.1, 0.15) is 12.2 Å². The fourth-order valence-electron chi connectivity index (χ4n) is 5.63. The fraction of sp³-hybridized carbons (Fsp3) is 0.444. The Labute approximate surface area is 304 Å². The molecule has 0 aromatic heterocycles. The van der Waals surface area contributed by atoms with Crippen LogP contribution in [0.5, 0.6) is 0 Å². The molecule has 0 unspecified atom stereocenters. The molecule has 1 aliphatic heterocycles. The second-order valence-corrected chi connectivity index (χ2v) is 11.9. The lowest BCUT2D eigenvalue weighted by Crippen LogP contribution is -2.70. The Morgan fingerprint density at radius 1 is 0.774 bits per heavy atom. The molecule has 1 saturated heterocycles. The molecule has 2 aromatic rings. The topological polar surface area (TPSA) is 225 Å². The van der Waals surface area contributed by atoms with Crippen LogP contribution in [0.15, 0.2) is 54.6 Å². The Hall–Kier alpha value is -5.84. The predicted octanol–water partition coefficient (Wildman–Crippen LogP) is 1.08. The van der Waals surface area contributed by atoms with Gasteiger partial charge in [-0.2, -0.15) is 0 Å². The molecular formula is C36H42N2O15. The van der Waals surface area contributed by atoms with E-state index in [1.807, 2.05) is 42.5 Å². The van der Waals surface area contributed by atoms with E-state index in [0.717, 1.165) is 52.9 Å². The minimum atomic E-state index is -2.66. The first-order chi connectivity index (χ1) is 25.0. The van der Waals surface area contributed by atoms with Crippen molar-refractivity contribution in [2.45, 2.75) is 83.7 Å². The third kappa shape index (κ3) is 12.4. The Morgan fingerprint density at radius 2 is 1.40 bits per heavy atom. The summed E-state index contributed by atoms with van der Waals surface area (Å²) >= 11 is 0. The predicted molar refractivity (Wildman–Crippen MR) is 180 cm³/mol. The van der Waals surface area contributed by atoms with Gasteiger partial charge in [0.15, 0.2) is 18.8 Å². The van der Waals surface area contributed by atoms with Crippen molar-refractivity contribution in [1.82, 2.24) is 10.6 Å². The van der Waals surface area contributed by atoms with Crippen molar-refractivity contribution in [3.63, 3.8) is 0 Å². The van der Waals surface area contributed by atoms with Gasteiger partial charge in [0, 0.05) is 34.6 Å². The number of hydrogen-bond acceptors (Lipinski definition) is 15. The normalized spacial score (nSPS) is 20.3. The number of methoxy groups -OCH3 is 1. The first-order valence-corrected chi connectivity index (χ1v) is 16.3. The van der Waals surface area contributed by atoms with Gasteiger partial charge >= 0.3 is 41.6 Å². The van der Waals surface area contributed by atoms with E-state index in [1.54, 1.807) is 12.1 Å². The monoisotopic (exact) mass is 742 g/mol. The summed E-state index contributed by atoms with van der Waals surface area (Å²) in [7, 11) is 0.954. The Kier molecular flexibility index (Phi) is 15.0. The molecular weight excluding hydrogens is 700 g/mol. The highest BCUT2D eigenvalue weighted by molar-refractivity contribution is 5.83. The van der Waals surface area contributed by atoms with Gasteiger partial charge in [0.25, 0.3) is 5.91 Å². The molecule has 53 heavy (non-hydrogen) atoms. The number of rotatable bonds is 15. The smallest absolute Gasteiger partial charge is 0.379 e. The molecule has 0 bridgehead atoms. The summed E-state index contributed by atoms with van der Waals surface area (Å²) in [6.45, 7) is 3.73. The molecule has 0 aliphatic carbocycles. The molecule has 2 amide bonds. The SMILES string of the molecule is COC(=O)[C@@]1(OC(C)=O)C[C@H](OC(C)=O)[C@@H](NC(=O)COC(C)=O)[C@H]([C@H](OC(C)=O)[C@@H](CNC(=O)Cc2ccc(-c3ccccc3)cc2)OC(C)=O)O1. The lowest BCUT2D eigenvalue weighted by Gasteiger charge is -2.48. The van der Waals surface area contributed by atoms with E-state index in [-0.39, 0.29) is 6.42 Å². The number of benzene rings is 2. The summed E-state index contributed by atoms with van der Waals surface area (Å²) in [6, 6.07) is 15.3. The van der Waals surface area contributed by atoms with Crippen LogP contribution in [0.2, 0.25) is 0 Å². The van der Waals surface area contributed by atoms with Gasteiger partial charge in [-0.1, -0.05) is 54.6 Å². The number of carbonyl (C=O) groups excluding carboxylic acids is 8. The van der Waals surface area contributed by atoms with E-state index in [1.165, 1.54) is 0 Å². The third-order valence-corrected chi connectivity index (χ3v) is 7.64. The molecule has 17 heteroatoms. The largest absolute Gasteiger partial charge is 0.464 e. The van der Waals surface area contributed by atoms with Crippen LogP contribution in [0.25, 0.3) is 11.1 Å². The number of carbonyl (C=O) groups is 8. The van der Waals surface area contributed by atoms with Crippen LogP contribution in [0.1, 0.15) is 46.6 Å². The quantitative estimate of drug-likeness (QED) is 0.192. The number of hydrogen-bond donors (Lipinski definition) is 2. The average molecular weight is 743 g/mol. The highest BCUT2D eigenvalue weighted by Crippen LogP contribution is 2.37. The first kappa shape index (κ1) is 41.6. The van der Waals surface area contributed by atoms with Crippen LogP contribution in [0.4, 0.5) is 0 Å². The second kappa shape index (κ2) is 19.1. The van der Waals surface area contributed by atoms with Crippen molar-refractivity contribution in [1.29, 1.82) is 0 Å². The van der Waals surface area contributed by atoms with Crippen molar-refractivity contribution >= 4 is 47.6 Å². The van der Waals surface area contributed by atoms with E-state index >= 15 is 0 Å². The Morgan fingerprint density at radius 3 is 1.94 bits per heavy atom. The van der Waals surface area contributed by atoms with Crippen molar-refractivity contribution in [2.75, 3.05) is 20.3 Å². The van der Waals surface area contributed by atoms with Crippen LogP contribution in [-0.4, -0.2) is 104 Å². The highest BCUT2D eigenvalue weighted by atomic mass is 16.8. The lowest BCUT2D eigenvalue weighted by atomic mass is 9.87. The number of nitrogens with one attached hydrogen (secondary N) is 2. The maximum Gasteiger partial charge on any atom is 0.379 e. The molecule has 1 fully saturated rings. The summed E-state index contributed by atoms with van der Waals surface area (Å²) < 4.78 is 37.5. The molecule has 6 atom stereocenters. The molecule has 2 N–H and O–H groups in total. The number of amides is 2. The molecule has 0 spiro atoms. The van der Waals surface area contributed by atoms with E-state index in [4.69, 9.17) is 33.2 Å². The number of esters is 6. The molecule has 0 saturated carbocycles. The van der Waals surface area contributed by atoms with E-state index in [2.05, 4.69) is 10.6 Å². The summed E-state index contributed by atoms with van der Waals surface area (Å²) in [4.78, 5) is 100. The molecule has 17 nitrogen and oxygen atoms in total. The van der Waals surface area contributed by atoms with Gasteiger partial charge in [-0.25, -0.2) is 4.79 Å². The number of ether oxygens (including phenoxy) is 7. The van der Waals surface area contributed by atoms with Crippen LogP contribution in [0, 0.1) is 0 Å². The van der Waals surface area contributed by atoms with Gasteiger partial charge in [-0.15, -0.1) is 0 Å². The summed E-state index contributed by atoms with van der Waals surface area (Å²) in [5.74, 6) is -10.1. The Balaban J connectivity index is 2.03. The minimum absolute atomic E-state index is 0.110. The van der Waals surface area contributed by atoms with Gasteiger partial charge in [0.05, 0.1) is 32.5 Å². The fourth-order valence-corrected chi connectivity index (χ4v) is 5.63. The van der Waals surface area contributed by atoms with Gasteiger partial charge in [-0.05, 0) is 16.7 Å². The maximum atomic E-state index is 13.2. The summed E-state index contributed by atoms with van der Waals surface area (Å²) in [5.41, 5.74) is 2.55. The molecule has 1 aliphatic rings. The average Bonchev–Trinajstić information content (AvgIpc) is 3.08. The van der Waals surface area contributed by atoms with Crippen LogP contribution < -0.4 is 10.6 Å². The first-order valence-electron chi connectivity index (χ1n) is 16.3. The van der Waals surface area contributed by atoms with Crippen molar-refractivity contribution in [2.24, 2.45) is 0 Å². The van der Waals surface area contributed by atoms with Gasteiger partial charge in [0.2, 0.25) is 5.91 Å². The molecule has 1 heterocycles. The molecule has 0 radical (unpaired) electrons. The standard InChI is InChI=1S/C36H42N2O15/c1-20(39)48-19-31(45)38-32-28(49-21(2)40)17-36(35(46)47-6,52-24(5)43)53-34(32)33(51-23(4)42)29(50-22(3)41)18-37-30(44)16-25-12-14-27(15-13-25)26-10-8-7-9-11-26/h7-15,28-29,32-34H,16-19H2,1-6H3,(H,37,44)(H,38,45)/t28-,29+,32+,33+,34+,36+/m0/s1. The van der Waals surface area contributed by atoms with Crippen LogP contribution >= 0.6 is 0 Å². The zero-order valence-corrected chi connectivity index (χ0v) is 30.0. The zero-order valence-electron chi connectivity index (χ0n) is 30.0. The van der Waals surface area contributed by atoms with Gasteiger partial charge < -0.3 is 43.8 Å². The van der Waals surface area contributed by atoms with E-state index in [0.29, 0.717) is 5.56 Å². The maximum absolute atomic E-state index is 13.2. The molecule has 3 rings (SSSR count). The van der Waals surface area contributed by atoms with E-state index < -0.39 is 103 Å². The third-order valence-electron chi connectivity index (χ3n) is 7.64. The lowest BCUT2D eigenvalue weighted by molar-refractivity contribution is -0.303. The van der Waals surface area contributed by atoms with Crippen LogP contribution in [-0.2, 0) is 77.9 Å². The Bertz CT molecular complexity index is 1660. The van der Waals surface area contributed by atoms with E-state index in [9.17, 15) is 38.4 Å². The van der Waals surface area contributed by atoms with Crippen LogP contribution in [0.3, 0.4) is 0 Å². The molecule has 286 valence electrons. The van der Waals surface area contributed by atoms with Crippen molar-refractivity contribution in [3.05, 3.63) is 60.2 Å². The molecule has 2 aromatic carbocycles. The summed E-state index contributed by atoms with van der Waals surface area (Å²) in [6.07, 6.45) is -7.67.